The van der Waals surface area contributed by atoms with Crippen LogP contribution >= 0.6 is 11.6 Å². The average Bonchev–Trinajstić information content (AvgIpc) is 2.36. The van der Waals surface area contributed by atoms with Gasteiger partial charge in [0, 0.05) is 38.2 Å². The topological polar surface area (TPSA) is 40.6 Å². The Bertz CT molecular complexity index is 539. The predicted octanol–water partition coefficient (Wildman–Crippen LogP) is 2.53. The molecule has 4 nitrogen and oxygen atoms in total. The maximum Gasteiger partial charge on any atom is 0.242 e. The van der Waals surface area contributed by atoms with E-state index in [0.717, 1.165) is 12.2 Å². The molecule has 112 valence electrons. The van der Waals surface area contributed by atoms with Gasteiger partial charge in [0.2, 0.25) is 10.0 Å². The number of rotatable bonds is 6. The second kappa shape index (κ2) is 6.33. The van der Waals surface area contributed by atoms with Crippen molar-refractivity contribution in [1.29, 1.82) is 0 Å². The minimum atomic E-state index is -3.35. The molecule has 0 amide bonds. The number of benzene rings is 1. The largest absolute Gasteiger partial charge is 0.367 e. The van der Waals surface area contributed by atoms with Gasteiger partial charge in [-0.25, -0.2) is 12.7 Å². The van der Waals surface area contributed by atoms with Crippen molar-refractivity contribution in [2.24, 2.45) is 0 Å². The molecule has 1 aliphatic carbocycles. The average molecular weight is 317 g/mol. The number of nitrogens with zero attached hydrogens (tertiary/aromatic N) is 2. The first-order valence-electron chi connectivity index (χ1n) is 6.82. The molecule has 0 N–H and O–H groups in total. The molecule has 1 aromatic rings. The zero-order valence-electron chi connectivity index (χ0n) is 11.9. The fraction of sp³-hybridized carbons (Fsp3) is 0.571. The summed E-state index contributed by atoms with van der Waals surface area (Å²) in [5.74, 6) is 0.578. The van der Waals surface area contributed by atoms with Gasteiger partial charge in [0.15, 0.2) is 0 Å². The normalized spacial score (nSPS) is 16.2. The van der Waals surface area contributed by atoms with Crippen LogP contribution in [0.4, 0.5) is 5.69 Å². The third-order valence-corrected chi connectivity index (χ3v) is 5.79. The summed E-state index contributed by atoms with van der Waals surface area (Å²) in [5, 5.41) is 0. The zero-order chi connectivity index (χ0) is 14.8. The molecule has 0 unspecified atom stereocenters. The third-order valence-electron chi connectivity index (χ3n) is 3.79. The molecular formula is C14H21ClN2O2S. The standard InChI is InChI=1S/C14H21ClN2O2S/c1-16(2)20(18,19)14-8-6-13(7-9-14)17(11-10-15)12-4-3-5-12/h6-9,12H,3-5,10-11H2,1-2H3. The number of alkyl halides is 1. The van der Waals surface area contributed by atoms with Crippen LogP contribution in [0.5, 0.6) is 0 Å². The van der Waals surface area contributed by atoms with Crippen LogP contribution in [0, 0.1) is 0 Å². The lowest BCUT2D eigenvalue weighted by Crippen LogP contribution is -2.41. The number of hydrogen-bond acceptors (Lipinski definition) is 3. The molecule has 0 spiro atoms. The quantitative estimate of drug-likeness (QED) is 0.757. The summed E-state index contributed by atoms with van der Waals surface area (Å²) in [4.78, 5) is 2.61. The summed E-state index contributed by atoms with van der Waals surface area (Å²) in [6.45, 7) is 0.798. The molecule has 0 aliphatic heterocycles. The van der Waals surface area contributed by atoms with Gasteiger partial charge >= 0.3 is 0 Å². The number of sulfonamides is 1. The predicted molar refractivity (Wildman–Crippen MR) is 83.0 cm³/mol. The van der Waals surface area contributed by atoms with Crippen LogP contribution in [0.15, 0.2) is 29.2 Å². The van der Waals surface area contributed by atoms with Gasteiger partial charge in [-0.3, -0.25) is 0 Å². The molecule has 0 saturated heterocycles. The molecule has 1 saturated carbocycles. The van der Waals surface area contributed by atoms with E-state index >= 15 is 0 Å². The van der Waals surface area contributed by atoms with Crippen LogP contribution in [-0.4, -0.2) is 45.3 Å². The van der Waals surface area contributed by atoms with Crippen molar-refractivity contribution in [3.8, 4) is 0 Å². The minimum absolute atomic E-state index is 0.325. The van der Waals surface area contributed by atoms with E-state index in [1.807, 2.05) is 12.1 Å². The Morgan fingerprint density at radius 1 is 1.20 bits per heavy atom. The smallest absolute Gasteiger partial charge is 0.242 e. The van der Waals surface area contributed by atoms with Crippen LogP contribution in [0.1, 0.15) is 19.3 Å². The van der Waals surface area contributed by atoms with Gasteiger partial charge < -0.3 is 4.90 Å². The van der Waals surface area contributed by atoms with E-state index < -0.39 is 10.0 Å². The van der Waals surface area contributed by atoms with Gasteiger partial charge in [-0.05, 0) is 43.5 Å². The number of halogens is 1. The summed E-state index contributed by atoms with van der Waals surface area (Å²) < 4.78 is 25.3. The second-order valence-electron chi connectivity index (χ2n) is 5.25. The van der Waals surface area contributed by atoms with Crippen LogP contribution in [-0.2, 0) is 10.0 Å². The lowest BCUT2D eigenvalue weighted by molar-refractivity contribution is 0.390. The van der Waals surface area contributed by atoms with E-state index in [1.165, 1.54) is 37.7 Å². The molecule has 0 heterocycles. The highest BCUT2D eigenvalue weighted by molar-refractivity contribution is 7.89. The lowest BCUT2D eigenvalue weighted by atomic mass is 9.91. The Kier molecular flexibility index (Phi) is 4.94. The van der Waals surface area contributed by atoms with Crippen molar-refractivity contribution in [2.75, 3.05) is 31.4 Å². The summed E-state index contributed by atoms with van der Waals surface area (Å²) in [5.41, 5.74) is 1.05. The zero-order valence-corrected chi connectivity index (χ0v) is 13.5. The van der Waals surface area contributed by atoms with Crippen molar-refractivity contribution in [3.63, 3.8) is 0 Å². The highest BCUT2D eigenvalue weighted by Gasteiger charge is 2.25. The molecule has 0 aromatic heterocycles. The second-order valence-corrected chi connectivity index (χ2v) is 7.78. The monoisotopic (exact) mass is 316 g/mol. The van der Waals surface area contributed by atoms with Crippen LogP contribution < -0.4 is 4.90 Å². The third kappa shape index (κ3) is 3.10. The molecule has 1 aromatic carbocycles. The van der Waals surface area contributed by atoms with E-state index in [-0.39, 0.29) is 0 Å². The highest BCUT2D eigenvalue weighted by Crippen LogP contribution is 2.30. The first-order chi connectivity index (χ1) is 9.46. The SMILES string of the molecule is CN(C)S(=O)(=O)c1ccc(N(CCCl)C2CCC2)cc1. The van der Waals surface area contributed by atoms with Crippen molar-refractivity contribution >= 4 is 27.3 Å². The van der Waals surface area contributed by atoms with Crippen molar-refractivity contribution in [3.05, 3.63) is 24.3 Å². The van der Waals surface area contributed by atoms with Gasteiger partial charge in [-0.1, -0.05) is 0 Å². The van der Waals surface area contributed by atoms with Gasteiger partial charge in [-0.2, -0.15) is 0 Å². The molecule has 20 heavy (non-hydrogen) atoms. The molecule has 0 atom stereocenters. The van der Waals surface area contributed by atoms with E-state index in [9.17, 15) is 8.42 Å². The molecular weight excluding hydrogens is 296 g/mol. The Labute approximate surface area is 126 Å². The summed E-state index contributed by atoms with van der Waals surface area (Å²) in [7, 11) is -0.277. The van der Waals surface area contributed by atoms with Gasteiger partial charge in [0.05, 0.1) is 4.90 Å². The Morgan fingerprint density at radius 3 is 2.20 bits per heavy atom. The van der Waals surface area contributed by atoms with Crippen LogP contribution in [0.2, 0.25) is 0 Å². The van der Waals surface area contributed by atoms with Gasteiger partial charge in [-0.15, -0.1) is 11.6 Å². The van der Waals surface area contributed by atoms with E-state index in [2.05, 4.69) is 4.90 Å². The van der Waals surface area contributed by atoms with Crippen LogP contribution in [0.25, 0.3) is 0 Å². The fourth-order valence-electron chi connectivity index (χ4n) is 2.33. The van der Waals surface area contributed by atoms with Gasteiger partial charge in [0.25, 0.3) is 0 Å². The number of hydrogen-bond donors (Lipinski definition) is 0. The molecule has 6 heteroatoms. The molecule has 0 bridgehead atoms. The van der Waals surface area contributed by atoms with Crippen LogP contribution in [0.3, 0.4) is 0 Å². The number of anilines is 1. The summed E-state index contributed by atoms with van der Waals surface area (Å²) in [6.07, 6.45) is 3.64. The van der Waals surface area contributed by atoms with Gasteiger partial charge in [0.1, 0.15) is 0 Å². The maximum absolute atomic E-state index is 12.0. The Hall–Kier alpha value is -0.780. The molecule has 1 fully saturated rings. The van der Waals surface area contributed by atoms with E-state index in [4.69, 9.17) is 11.6 Å². The highest BCUT2D eigenvalue weighted by atomic mass is 35.5. The summed E-state index contributed by atoms with van der Waals surface area (Å²) >= 11 is 5.87. The Balaban J connectivity index is 2.22. The van der Waals surface area contributed by atoms with E-state index in [1.54, 1.807) is 12.1 Å². The summed E-state index contributed by atoms with van der Waals surface area (Å²) in [6, 6.07) is 7.64. The first kappa shape index (κ1) is 15.6. The maximum atomic E-state index is 12.0. The van der Waals surface area contributed by atoms with E-state index in [0.29, 0.717) is 16.8 Å². The molecule has 1 aliphatic rings. The fourth-order valence-corrected chi connectivity index (χ4v) is 3.42. The lowest BCUT2D eigenvalue weighted by Gasteiger charge is -2.39. The van der Waals surface area contributed by atoms with Crippen molar-refractivity contribution in [2.45, 2.75) is 30.2 Å². The Morgan fingerprint density at radius 2 is 1.80 bits per heavy atom. The molecule has 2 rings (SSSR count). The van der Waals surface area contributed by atoms with Crippen molar-refractivity contribution < 1.29 is 8.42 Å². The first-order valence-corrected chi connectivity index (χ1v) is 8.79. The van der Waals surface area contributed by atoms with Crippen molar-refractivity contribution in [1.82, 2.24) is 4.31 Å². The minimum Gasteiger partial charge on any atom is -0.367 e. The molecule has 0 radical (unpaired) electrons.